The standard InChI is InChI=1S/C8H10N2O6S/c1-8(3-9-14)6(7(12)13)10-4(11)2-5(10)17(8,15)16/h3,5-6,14H,2H2,1H3,(H,12,13)/b9-3-/t5-,6+,8+/m1/s1. The number of oxime groups is 1. The molecule has 3 atom stereocenters. The zero-order chi connectivity index (χ0) is 13.0. The average molecular weight is 262 g/mol. The third-order valence-corrected chi connectivity index (χ3v) is 5.95. The number of rotatable bonds is 2. The van der Waals surface area contributed by atoms with Gasteiger partial charge < -0.3 is 15.2 Å². The van der Waals surface area contributed by atoms with Crippen molar-refractivity contribution in [2.45, 2.75) is 29.5 Å². The smallest absolute Gasteiger partial charge is 0.328 e. The van der Waals surface area contributed by atoms with Crippen molar-refractivity contribution in [3.63, 3.8) is 0 Å². The van der Waals surface area contributed by atoms with Gasteiger partial charge >= 0.3 is 5.97 Å². The summed E-state index contributed by atoms with van der Waals surface area (Å²) in [5, 5.41) is 19.0. The number of β-lactam (4-membered cyclic amide) rings is 1. The first-order chi connectivity index (χ1) is 7.77. The van der Waals surface area contributed by atoms with Crippen molar-refractivity contribution in [3.05, 3.63) is 0 Å². The van der Waals surface area contributed by atoms with Gasteiger partial charge in [0.05, 0.1) is 12.6 Å². The van der Waals surface area contributed by atoms with E-state index in [-0.39, 0.29) is 6.42 Å². The quantitative estimate of drug-likeness (QED) is 0.274. The van der Waals surface area contributed by atoms with Gasteiger partial charge in [0.2, 0.25) is 5.91 Å². The summed E-state index contributed by atoms with van der Waals surface area (Å²) in [6.45, 7) is 1.13. The molecule has 1 amide bonds. The number of amides is 1. The van der Waals surface area contributed by atoms with Crippen LogP contribution in [0, 0.1) is 0 Å². The normalized spacial score (nSPS) is 39.1. The number of carbonyl (C=O) groups is 2. The molecule has 2 aliphatic rings. The van der Waals surface area contributed by atoms with E-state index in [1.165, 1.54) is 0 Å². The fourth-order valence-corrected chi connectivity index (χ4v) is 4.52. The van der Waals surface area contributed by atoms with E-state index in [2.05, 4.69) is 5.16 Å². The Balaban J connectivity index is 2.63. The topological polar surface area (TPSA) is 124 Å². The number of sulfone groups is 1. The van der Waals surface area contributed by atoms with Gasteiger partial charge in [0.15, 0.2) is 15.9 Å². The predicted molar refractivity (Wildman–Crippen MR) is 54.3 cm³/mol. The van der Waals surface area contributed by atoms with E-state index in [4.69, 9.17) is 10.3 Å². The summed E-state index contributed by atoms with van der Waals surface area (Å²) in [4.78, 5) is 23.2. The predicted octanol–water partition coefficient (Wildman–Crippen LogP) is -1.35. The van der Waals surface area contributed by atoms with Gasteiger partial charge in [0.1, 0.15) is 10.1 Å². The number of carbonyl (C=O) groups excluding carboxylic acids is 1. The molecule has 2 saturated heterocycles. The minimum atomic E-state index is -3.90. The molecule has 17 heavy (non-hydrogen) atoms. The number of nitrogens with zero attached hydrogens (tertiary/aromatic N) is 2. The summed E-state index contributed by atoms with van der Waals surface area (Å²) in [5.41, 5.74) is 0. The summed E-state index contributed by atoms with van der Waals surface area (Å²) in [6, 6.07) is -1.55. The number of carboxylic acids is 1. The molecule has 0 unspecified atom stereocenters. The zero-order valence-electron chi connectivity index (χ0n) is 8.77. The summed E-state index contributed by atoms with van der Waals surface area (Å²) >= 11 is 0. The lowest BCUT2D eigenvalue weighted by Gasteiger charge is -2.35. The molecular formula is C8H10N2O6S. The first kappa shape index (κ1) is 11.8. The molecule has 9 heteroatoms. The van der Waals surface area contributed by atoms with Gasteiger partial charge in [-0.1, -0.05) is 0 Å². The molecule has 2 N–H and O–H groups in total. The average Bonchev–Trinajstić information content (AvgIpc) is 2.33. The van der Waals surface area contributed by atoms with Gasteiger partial charge in [0.25, 0.3) is 0 Å². The van der Waals surface area contributed by atoms with Gasteiger partial charge in [-0.25, -0.2) is 13.2 Å². The Bertz CT molecular complexity index is 526. The molecule has 2 fully saturated rings. The molecule has 2 rings (SSSR count). The van der Waals surface area contributed by atoms with Crippen LogP contribution in [-0.4, -0.2) is 57.9 Å². The summed E-state index contributed by atoms with van der Waals surface area (Å²) in [7, 11) is -3.90. The first-order valence-corrected chi connectivity index (χ1v) is 6.28. The van der Waals surface area contributed by atoms with E-state index in [0.717, 1.165) is 11.8 Å². The minimum absolute atomic E-state index is 0.221. The third-order valence-electron chi connectivity index (χ3n) is 3.29. The number of fused-ring (bicyclic) bond motifs is 1. The Morgan fingerprint density at radius 2 is 2.24 bits per heavy atom. The van der Waals surface area contributed by atoms with Gasteiger partial charge in [-0.05, 0) is 6.92 Å². The van der Waals surface area contributed by atoms with Crippen molar-refractivity contribution in [1.82, 2.24) is 4.90 Å². The Morgan fingerprint density at radius 1 is 1.65 bits per heavy atom. The first-order valence-electron chi connectivity index (χ1n) is 4.73. The number of hydrogen-bond acceptors (Lipinski definition) is 6. The molecule has 0 radical (unpaired) electrons. The summed E-state index contributed by atoms with van der Waals surface area (Å²) < 4.78 is 22.2. The van der Waals surface area contributed by atoms with Crippen LogP contribution in [0.3, 0.4) is 0 Å². The Morgan fingerprint density at radius 3 is 2.65 bits per heavy atom. The van der Waals surface area contributed by atoms with Crippen LogP contribution in [0.4, 0.5) is 0 Å². The van der Waals surface area contributed by atoms with Crippen molar-refractivity contribution in [1.29, 1.82) is 0 Å². The van der Waals surface area contributed by atoms with E-state index in [1.807, 2.05) is 0 Å². The van der Waals surface area contributed by atoms with Crippen LogP contribution in [0.2, 0.25) is 0 Å². The van der Waals surface area contributed by atoms with E-state index in [0.29, 0.717) is 6.21 Å². The van der Waals surface area contributed by atoms with Crippen molar-refractivity contribution < 1.29 is 28.3 Å². The monoisotopic (exact) mass is 262 g/mol. The van der Waals surface area contributed by atoms with Crippen LogP contribution in [-0.2, 0) is 19.4 Å². The maximum absolute atomic E-state index is 12.1. The van der Waals surface area contributed by atoms with Gasteiger partial charge in [-0.2, -0.15) is 0 Å². The van der Waals surface area contributed by atoms with E-state index in [9.17, 15) is 18.0 Å². The highest BCUT2D eigenvalue weighted by Crippen LogP contribution is 2.45. The Hall–Kier alpha value is -1.64. The second-order valence-corrected chi connectivity index (χ2v) is 6.69. The van der Waals surface area contributed by atoms with Crippen molar-refractivity contribution in [2.24, 2.45) is 5.16 Å². The molecular weight excluding hydrogens is 252 g/mol. The van der Waals surface area contributed by atoms with Crippen LogP contribution < -0.4 is 0 Å². The van der Waals surface area contributed by atoms with Crippen LogP contribution in [0.1, 0.15) is 13.3 Å². The molecule has 2 heterocycles. The van der Waals surface area contributed by atoms with E-state index < -0.39 is 37.9 Å². The number of hydrogen-bond donors (Lipinski definition) is 2. The molecule has 8 nitrogen and oxygen atoms in total. The van der Waals surface area contributed by atoms with Crippen molar-refractivity contribution in [3.8, 4) is 0 Å². The van der Waals surface area contributed by atoms with Crippen LogP contribution >= 0.6 is 0 Å². The SMILES string of the molecule is C[C@]1(/C=N\O)[C@H](C(=O)O)N2C(=O)C[C@H]2S1(=O)=O. The lowest BCUT2D eigenvalue weighted by Crippen LogP contribution is -2.57. The highest BCUT2D eigenvalue weighted by molar-refractivity contribution is 7.94. The lowest BCUT2D eigenvalue weighted by molar-refractivity contribution is -0.156. The maximum Gasteiger partial charge on any atom is 0.328 e. The van der Waals surface area contributed by atoms with Gasteiger partial charge in [0, 0.05) is 0 Å². The molecule has 0 spiro atoms. The Kier molecular flexibility index (Phi) is 2.22. The second-order valence-electron chi connectivity index (χ2n) is 4.17. The maximum atomic E-state index is 12.1. The molecule has 0 bridgehead atoms. The summed E-state index contributed by atoms with van der Waals surface area (Å²) in [5.74, 6) is -1.97. The van der Waals surface area contributed by atoms with Gasteiger partial charge in [-0.15, -0.1) is 5.16 Å². The molecule has 0 saturated carbocycles. The zero-order valence-corrected chi connectivity index (χ0v) is 9.59. The van der Waals surface area contributed by atoms with E-state index >= 15 is 0 Å². The molecule has 0 aromatic heterocycles. The van der Waals surface area contributed by atoms with Gasteiger partial charge in [-0.3, -0.25) is 4.79 Å². The van der Waals surface area contributed by atoms with Crippen molar-refractivity contribution >= 4 is 27.9 Å². The molecule has 0 aromatic carbocycles. The largest absolute Gasteiger partial charge is 0.480 e. The van der Waals surface area contributed by atoms with E-state index in [1.54, 1.807) is 0 Å². The second kappa shape index (κ2) is 3.19. The third kappa shape index (κ3) is 1.17. The minimum Gasteiger partial charge on any atom is -0.480 e. The Labute approximate surface area is 96.4 Å². The van der Waals surface area contributed by atoms with Crippen LogP contribution in [0.5, 0.6) is 0 Å². The number of carboxylic acid groups (broad SMARTS) is 1. The highest BCUT2D eigenvalue weighted by atomic mass is 32.2. The molecule has 94 valence electrons. The molecule has 0 aromatic rings. The van der Waals surface area contributed by atoms with Crippen LogP contribution in [0.15, 0.2) is 5.16 Å². The molecule has 2 aliphatic heterocycles. The van der Waals surface area contributed by atoms with Crippen molar-refractivity contribution in [2.75, 3.05) is 0 Å². The van der Waals surface area contributed by atoms with Crippen LogP contribution in [0.25, 0.3) is 0 Å². The molecule has 0 aliphatic carbocycles. The highest BCUT2D eigenvalue weighted by Gasteiger charge is 2.69. The fourth-order valence-electron chi connectivity index (χ4n) is 2.32. The number of aliphatic carboxylic acids is 1. The summed E-state index contributed by atoms with van der Waals surface area (Å²) in [6.07, 6.45) is 0.438. The lowest BCUT2D eigenvalue weighted by atomic mass is 9.98. The fraction of sp³-hybridized carbons (Fsp3) is 0.625.